The van der Waals surface area contributed by atoms with E-state index in [0.29, 0.717) is 51.9 Å². The van der Waals surface area contributed by atoms with Gasteiger partial charge in [0.2, 0.25) is 5.91 Å². The van der Waals surface area contributed by atoms with Gasteiger partial charge in [0.1, 0.15) is 0 Å². The molecule has 4 rings (SSSR count). The summed E-state index contributed by atoms with van der Waals surface area (Å²) in [4.78, 5) is 15.3. The highest BCUT2D eigenvalue weighted by atomic mass is 32.2. The third-order valence-corrected chi connectivity index (χ3v) is 8.46. The lowest BCUT2D eigenvalue weighted by Gasteiger charge is -2.42. The molecule has 1 aliphatic carbocycles. The lowest BCUT2D eigenvalue weighted by atomic mass is 9.78. The molecule has 4 aliphatic rings. The van der Waals surface area contributed by atoms with Gasteiger partial charge in [-0.15, -0.1) is 0 Å². The number of piperidine rings is 1. The van der Waals surface area contributed by atoms with E-state index in [4.69, 9.17) is 4.74 Å². The Morgan fingerprint density at radius 3 is 2.36 bits per heavy atom. The van der Waals surface area contributed by atoms with E-state index in [2.05, 4.69) is 4.90 Å². The van der Waals surface area contributed by atoms with E-state index >= 15 is 0 Å². The minimum Gasteiger partial charge on any atom is -0.379 e. The molecule has 3 saturated heterocycles. The average Bonchev–Trinajstić information content (AvgIpc) is 3.29. The summed E-state index contributed by atoms with van der Waals surface area (Å²) in [5, 5.41) is 0. The van der Waals surface area contributed by atoms with Crippen LogP contribution in [-0.2, 0) is 19.7 Å². The molecular formula is C17H29N3O4S. The van der Waals surface area contributed by atoms with Crippen molar-refractivity contribution in [3.05, 3.63) is 0 Å². The Bertz CT molecular complexity index is 613. The van der Waals surface area contributed by atoms with Crippen molar-refractivity contribution in [2.75, 3.05) is 45.9 Å². The first-order valence-corrected chi connectivity index (χ1v) is 11.1. The Labute approximate surface area is 150 Å². The van der Waals surface area contributed by atoms with Crippen molar-refractivity contribution in [2.45, 2.75) is 51.0 Å². The minimum atomic E-state index is -3.48. The summed E-state index contributed by atoms with van der Waals surface area (Å²) in [5.74, 6) is 0.213. The van der Waals surface area contributed by atoms with E-state index < -0.39 is 15.6 Å². The third-order valence-electron chi connectivity index (χ3n) is 6.48. The minimum absolute atomic E-state index is 0.213. The summed E-state index contributed by atoms with van der Waals surface area (Å²) in [7, 11) is -3.48. The second kappa shape index (κ2) is 6.79. The Morgan fingerprint density at radius 2 is 1.64 bits per heavy atom. The number of carbonyl (C=O) groups excluding carboxylic acids is 1. The van der Waals surface area contributed by atoms with Gasteiger partial charge in [0.05, 0.1) is 18.6 Å². The zero-order valence-electron chi connectivity index (χ0n) is 14.9. The molecule has 0 unspecified atom stereocenters. The van der Waals surface area contributed by atoms with Crippen LogP contribution in [-0.4, -0.2) is 79.8 Å². The van der Waals surface area contributed by atoms with Crippen LogP contribution >= 0.6 is 0 Å². The number of likely N-dealkylation sites (tertiary alicyclic amines) is 1. The first kappa shape index (κ1) is 17.7. The first-order chi connectivity index (χ1) is 12.0. The van der Waals surface area contributed by atoms with Gasteiger partial charge < -0.3 is 9.64 Å². The number of ether oxygens (including phenoxy) is 1. The van der Waals surface area contributed by atoms with Crippen LogP contribution in [0.15, 0.2) is 0 Å². The maximum atomic E-state index is 13.3. The van der Waals surface area contributed by atoms with E-state index in [1.165, 1.54) is 17.1 Å². The Kier molecular flexibility index (Phi) is 4.81. The number of hydrogen-bond acceptors (Lipinski definition) is 4. The normalized spacial score (nSPS) is 33.6. The van der Waals surface area contributed by atoms with Crippen LogP contribution in [0.3, 0.4) is 0 Å². The van der Waals surface area contributed by atoms with E-state index in [1.54, 1.807) is 4.31 Å². The summed E-state index contributed by atoms with van der Waals surface area (Å²) < 4.78 is 34.2. The number of nitrogens with zero attached hydrogens (tertiary/aromatic N) is 3. The molecule has 0 aromatic heterocycles. The fraction of sp³-hybridized carbons (Fsp3) is 0.941. The highest BCUT2D eigenvalue weighted by molar-refractivity contribution is 7.86. The average molecular weight is 372 g/mol. The van der Waals surface area contributed by atoms with Gasteiger partial charge in [-0.05, 0) is 32.1 Å². The van der Waals surface area contributed by atoms with Crippen molar-refractivity contribution in [2.24, 2.45) is 5.41 Å². The van der Waals surface area contributed by atoms with Crippen LogP contribution < -0.4 is 0 Å². The van der Waals surface area contributed by atoms with Crippen molar-refractivity contribution in [1.82, 2.24) is 13.5 Å². The number of rotatable bonds is 3. The number of hydrogen-bond donors (Lipinski definition) is 0. The Hall–Kier alpha value is -0.700. The van der Waals surface area contributed by atoms with Gasteiger partial charge in [0, 0.05) is 38.8 Å². The molecule has 3 heterocycles. The van der Waals surface area contributed by atoms with E-state index in [1.807, 2.05) is 0 Å². The van der Waals surface area contributed by atoms with Gasteiger partial charge >= 0.3 is 0 Å². The highest BCUT2D eigenvalue weighted by Gasteiger charge is 2.52. The number of carbonyl (C=O) groups is 1. The van der Waals surface area contributed by atoms with Gasteiger partial charge in [0.25, 0.3) is 10.2 Å². The molecule has 0 aromatic rings. The molecular weight excluding hydrogens is 342 g/mol. The molecule has 0 N–H and O–H groups in total. The van der Waals surface area contributed by atoms with Crippen molar-refractivity contribution < 1.29 is 17.9 Å². The molecule has 1 saturated carbocycles. The van der Waals surface area contributed by atoms with Gasteiger partial charge in [-0.25, -0.2) is 0 Å². The maximum Gasteiger partial charge on any atom is 0.282 e. The van der Waals surface area contributed by atoms with Crippen molar-refractivity contribution in [3.8, 4) is 0 Å². The lowest BCUT2D eigenvalue weighted by molar-refractivity contribution is -0.148. The highest BCUT2D eigenvalue weighted by Crippen LogP contribution is 2.43. The zero-order chi connectivity index (χ0) is 17.5. The van der Waals surface area contributed by atoms with Crippen LogP contribution in [0, 0.1) is 5.41 Å². The molecule has 142 valence electrons. The van der Waals surface area contributed by atoms with Crippen molar-refractivity contribution >= 4 is 16.1 Å². The predicted octanol–water partition coefficient (Wildman–Crippen LogP) is 0.821. The summed E-state index contributed by atoms with van der Waals surface area (Å²) in [5.41, 5.74) is -0.486. The molecule has 4 fully saturated rings. The summed E-state index contributed by atoms with van der Waals surface area (Å²) >= 11 is 0. The van der Waals surface area contributed by atoms with Crippen molar-refractivity contribution in [3.63, 3.8) is 0 Å². The molecule has 0 aromatic carbocycles. The zero-order valence-corrected chi connectivity index (χ0v) is 15.7. The first-order valence-electron chi connectivity index (χ1n) is 9.67. The van der Waals surface area contributed by atoms with E-state index in [9.17, 15) is 13.2 Å². The molecule has 0 bridgehead atoms. The smallest absolute Gasteiger partial charge is 0.282 e. The second-order valence-corrected chi connectivity index (χ2v) is 9.85. The molecule has 8 heteroatoms. The number of amides is 1. The summed E-state index contributed by atoms with van der Waals surface area (Å²) in [6.45, 7) is 3.39. The van der Waals surface area contributed by atoms with Crippen LogP contribution in [0.2, 0.25) is 0 Å². The van der Waals surface area contributed by atoms with Gasteiger partial charge in [-0.1, -0.05) is 12.8 Å². The van der Waals surface area contributed by atoms with E-state index in [0.717, 1.165) is 32.2 Å². The number of morpholine rings is 1. The Morgan fingerprint density at radius 1 is 0.920 bits per heavy atom. The van der Waals surface area contributed by atoms with E-state index in [-0.39, 0.29) is 5.91 Å². The molecule has 1 atom stereocenters. The molecule has 7 nitrogen and oxygen atoms in total. The predicted molar refractivity (Wildman–Crippen MR) is 93.1 cm³/mol. The quantitative estimate of drug-likeness (QED) is 0.737. The van der Waals surface area contributed by atoms with Crippen LogP contribution in [0.25, 0.3) is 0 Å². The van der Waals surface area contributed by atoms with Gasteiger partial charge in [-0.2, -0.15) is 17.0 Å². The summed E-state index contributed by atoms with van der Waals surface area (Å²) in [6, 6.07) is 0.384. The standard InChI is InChI=1S/C17H29N3O4S/c21-16-17(6-3-8-20(16)15-4-1-2-5-15)7-9-19(14-17)25(22,23)18-10-12-24-13-11-18/h15H,1-14H2/t17-/m0/s1. The molecule has 3 aliphatic heterocycles. The maximum absolute atomic E-state index is 13.3. The fourth-order valence-corrected chi connectivity index (χ4v) is 6.69. The molecule has 0 radical (unpaired) electrons. The third kappa shape index (κ3) is 3.11. The fourth-order valence-electron chi connectivity index (χ4n) is 5.02. The Balaban J connectivity index is 1.49. The molecule has 1 spiro atoms. The SMILES string of the molecule is O=C1N(C2CCCC2)CCC[C@@]12CCN(S(=O)(=O)N1CCOCC1)C2. The topological polar surface area (TPSA) is 70.2 Å². The second-order valence-electron chi connectivity index (χ2n) is 7.92. The largest absolute Gasteiger partial charge is 0.379 e. The molecule has 1 amide bonds. The van der Waals surface area contributed by atoms with Gasteiger partial charge in [-0.3, -0.25) is 4.79 Å². The van der Waals surface area contributed by atoms with Crippen molar-refractivity contribution in [1.29, 1.82) is 0 Å². The lowest BCUT2D eigenvalue weighted by Crippen LogP contribution is -2.54. The summed E-state index contributed by atoms with van der Waals surface area (Å²) in [6.07, 6.45) is 7.11. The van der Waals surface area contributed by atoms with Crippen LogP contribution in [0.1, 0.15) is 44.9 Å². The van der Waals surface area contributed by atoms with Crippen LogP contribution in [0.5, 0.6) is 0 Å². The van der Waals surface area contributed by atoms with Crippen LogP contribution in [0.4, 0.5) is 0 Å². The van der Waals surface area contributed by atoms with Gasteiger partial charge in [0.15, 0.2) is 0 Å². The monoisotopic (exact) mass is 371 g/mol. The molecule has 25 heavy (non-hydrogen) atoms.